The molecule has 1 fully saturated rings. The Labute approximate surface area is 176 Å². The van der Waals surface area contributed by atoms with Crippen molar-refractivity contribution in [3.05, 3.63) is 35.9 Å². The van der Waals surface area contributed by atoms with E-state index in [1.807, 2.05) is 0 Å². The zero-order chi connectivity index (χ0) is 22.4. The minimum Gasteiger partial charge on any atom is -0.394 e. The molecule has 4 rings (SSSR count). The highest BCUT2D eigenvalue weighted by Crippen LogP contribution is 2.50. The molecule has 0 aliphatic carbocycles. The maximum atomic E-state index is 11.9. The third kappa shape index (κ3) is 3.74. The summed E-state index contributed by atoms with van der Waals surface area (Å²) in [5.41, 5.74) is 3.14. The number of aliphatic hydroxyl groups excluding tert-OH is 3. The highest BCUT2D eigenvalue weighted by atomic mass is 31.2. The van der Waals surface area contributed by atoms with Gasteiger partial charge in [0.05, 0.1) is 12.9 Å². The molecule has 1 aromatic carbocycles. The topological polar surface area (TPSA) is 203 Å². The normalized spacial score (nSPS) is 37.2. The number of aliphatic hydroxyl groups is 3. The summed E-state index contributed by atoms with van der Waals surface area (Å²) in [6, 6.07) is 8.83. The maximum Gasteiger partial charge on any atom is 0.472 e. The number of aliphatic imine (C=N–C) groups is 3. The second-order valence-corrected chi connectivity index (χ2v) is 8.55. The predicted molar refractivity (Wildman–Crippen MR) is 107 cm³/mol. The van der Waals surface area contributed by atoms with E-state index < -0.39 is 50.4 Å². The molecule has 3 aliphatic rings. The van der Waals surface area contributed by atoms with Crippen LogP contribution in [0.1, 0.15) is 5.56 Å². The van der Waals surface area contributed by atoms with Gasteiger partial charge in [0.25, 0.3) is 5.72 Å². The number of nitrogens with zero attached hydrogens (tertiary/aromatic N) is 4. The van der Waals surface area contributed by atoms with Gasteiger partial charge in [0.1, 0.15) is 24.7 Å². The summed E-state index contributed by atoms with van der Waals surface area (Å²) >= 11 is 0. The van der Waals surface area contributed by atoms with E-state index in [0.717, 1.165) is 17.6 Å². The molecule has 0 bridgehead atoms. The SMILES string of the molecule is NC1(Cc2ccccc2)N=CN=C2N([C@@H]3O[C@H](CO)[C@@H](O)[C@H]3O)C=NC21OP(=O)(O)O. The van der Waals surface area contributed by atoms with E-state index in [1.54, 1.807) is 30.3 Å². The molecule has 0 spiro atoms. The van der Waals surface area contributed by atoms with Gasteiger partial charge in [-0.05, 0) is 5.56 Å². The Hall–Kier alpha value is -2.06. The van der Waals surface area contributed by atoms with Gasteiger partial charge >= 0.3 is 7.82 Å². The van der Waals surface area contributed by atoms with E-state index in [2.05, 4.69) is 15.0 Å². The second kappa shape index (κ2) is 7.81. The van der Waals surface area contributed by atoms with Crippen molar-refractivity contribution in [1.29, 1.82) is 0 Å². The molecule has 3 heterocycles. The number of nitrogens with two attached hydrogens (primary N) is 1. The van der Waals surface area contributed by atoms with Crippen LogP contribution in [0.5, 0.6) is 0 Å². The van der Waals surface area contributed by atoms with Gasteiger partial charge in [-0.2, -0.15) is 0 Å². The number of benzene rings is 1. The molecule has 0 radical (unpaired) electrons. The average Bonchev–Trinajstić information content (AvgIpc) is 3.20. The van der Waals surface area contributed by atoms with E-state index in [0.29, 0.717) is 5.56 Å². The van der Waals surface area contributed by atoms with Gasteiger partial charge in [0, 0.05) is 6.42 Å². The van der Waals surface area contributed by atoms with Gasteiger partial charge in [-0.1, -0.05) is 30.3 Å². The molecule has 13 nitrogen and oxygen atoms in total. The molecule has 0 saturated carbocycles. The van der Waals surface area contributed by atoms with Crippen molar-refractivity contribution in [1.82, 2.24) is 4.90 Å². The molecule has 2 unspecified atom stereocenters. The summed E-state index contributed by atoms with van der Waals surface area (Å²) in [6.07, 6.45) is -3.09. The third-order valence-corrected chi connectivity index (χ3v) is 5.83. The first-order valence-electron chi connectivity index (χ1n) is 9.27. The first-order chi connectivity index (χ1) is 14.6. The summed E-state index contributed by atoms with van der Waals surface area (Å²) in [5.74, 6) is -0.195. The summed E-state index contributed by atoms with van der Waals surface area (Å²) in [7, 11) is -5.17. The van der Waals surface area contributed by atoms with E-state index in [9.17, 15) is 29.7 Å². The van der Waals surface area contributed by atoms with Crippen LogP contribution < -0.4 is 5.73 Å². The van der Waals surface area contributed by atoms with Crippen molar-refractivity contribution in [2.75, 3.05) is 6.61 Å². The Kier molecular flexibility index (Phi) is 5.58. The molecule has 1 aromatic rings. The van der Waals surface area contributed by atoms with Crippen LogP contribution in [0.15, 0.2) is 45.3 Å². The monoisotopic (exact) mass is 455 g/mol. The fourth-order valence-corrected chi connectivity index (χ4v) is 4.48. The Morgan fingerprint density at radius 1 is 1.19 bits per heavy atom. The van der Waals surface area contributed by atoms with Gasteiger partial charge in [-0.3, -0.25) is 4.90 Å². The number of rotatable bonds is 6. The number of phosphoric ester groups is 1. The van der Waals surface area contributed by atoms with Crippen molar-refractivity contribution in [3.63, 3.8) is 0 Å². The number of hydrogen-bond donors (Lipinski definition) is 6. The lowest BCUT2D eigenvalue weighted by Gasteiger charge is -2.43. The number of phosphoric acid groups is 1. The van der Waals surface area contributed by atoms with Gasteiger partial charge < -0.3 is 35.6 Å². The van der Waals surface area contributed by atoms with Crippen LogP contribution in [-0.4, -0.2) is 91.1 Å². The highest BCUT2D eigenvalue weighted by molar-refractivity contribution is 7.46. The van der Waals surface area contributed by atoms with Crippen LogP contribution in [0, 0.1) is 0 Å². The van der Waals surface area contributed by atoms with E-state index in [1.165, 1.54) is 0 Å². The molecule has 31 heavy (non-hydrogen) atoms. The van der Waals surface area contributed by atoms with Crippen LogP contribution in [0.4, 0.5) is 0 Å². The lowest BCUT2D eigenvalue weighted by molar-refractivity contribution is -0.0548. The molecular weight excluding hydrogens is 433 g/mol. The van der Waals surface area contributed by atoms with Crippen LogP contribution in [-0.2, 0) is 20.2 Å². The van der Waals surface area contributed by atoms with Crippen LogP contribution in [0.25, 0.3) is 0 Å². The maximum absolute atomic E-state index is 11.9. The molecule has 6 atom stereocenters. The van der Waals surface area contributed by atoms with Crippen LogP contribution in [0.3, 0.4) is 0 Å². The van der Waals surface area contributed by atoms with E-state index in [4.69, 9.17) is 15.0 Å². The lowest BCUT2D eigenvalue weighted by atomic mass is 9.88. The van der Waals surface area contributed by atoms with E-state index >= 15 is 0 Å². The Bertz CT molecular complexity index is 971. The minimum atomic E-state index is -5.17. The fourth-order valence-electron chi connectivity index (χ4n) is 3.85. The lowest BCUT2D eigenvalue weighted by Crippen LogP contribution is -2.67. The van der Waals surface area contributed by atoms with Gasteiger partial charge in [0.2, 0.25) is 0 Å². The number of ether oxygens (including phenoxy) is 1. The van der Waals surface area contributed by atoms with Crippen LogP contribution in [0.2, 0.25) is 0 Å². The second-order valence-electron chi connectivity index (χ2n) is 7.39. The fraction of sp³-hybridized carbons (Fsp3) is 0.471. The molecular formula is C17H22N5O8P. The zero-order valence-corrected chi connectivity index (χ0v) is 16.9. The number of amidine groups is 1. The predicted octanol–water partition coefficient (Wildman–Crippen LogP) is -2.09. The molecule has 7 N–H and O–H groups in total. The summed E-state index contributed by atoms with van der Waals surface area (Å²) in [4.78, 5) is 32.7. The van der Waals surface area contributed by atoms with Gasteiger partial charge in [-0.25, -0.2) is 24.1 Å². The average molecular weight is 455 g/mol. The van der Waals surface area contributed by atoms with Crippen molar-refractivity contribution in [3.8, 4) is 0 Å². The Morgan fingerprint density at radius 2 is 1.90 bits per heavy atom. The van der Waals surface area contributed by atoms with Gasteiger partial charge in [0.15, 0.2) is 17.7 Å². The van der Waals surface area contributed by atoms with E-state index in [-0.39, 0.29) is 12.3 Å². The van der Waals surface area contributed by atoms with Gasteiger partial charge in [-0.15, -0.1) is 0 Å². The minimum absolute atomic E-state index is 0.0233. The van der Waals surface area contributed by atoms with Crippen molar-refractivity contribution in [2.45, 2.75) is 42.3 Å². The number of fused-ring (bicyclic) bond motifs is 1. The molecule has 1 saturated heterocycles. The standard InChI is InChI=1S/C17H22N5O8P/c18-16(6-10-4-2-1-3-5-10)17(30-31(26,27)28)15(19-8-20-16)22(9-21-17)14-13(25)12(24)11(7-23)29-14/h1-5,8-9,11-14,23-25H,6-7,18H2,(H2,26,27,28)/t11-,12-,13-,14-,16?,17?/m1/s1. The first-order valence-corrected chi connectivity index (χ1v) is 10.8. The summed E-state index contributed by atoms with van der Waals surface area (Å²) < 4.78 is 22.5. The first kappa shape index (κ1) is 22.1. The Balaban J connectivity index is 1.74. The Morgan fingerprint density at radius 3 is 2.52 bits per heavy atom. The van der Waals surface area contributed by atoms with Crippen molar-refractivity contribution in [2.24, 2.45) is 20.7 Å². The highest BCUT2D eigenvalue weighted by Gasteiger charge is 2.64. The molecule has 14 heteroatoms. The third-order valence-electron chi connectivity index (χ3n) is 5.33. The molecule has 3 aliphatic heterocycles. The molecule has 0 amide bonds. The zero-order valence-electron chi connectivity index (χ0n) is 16.0. The van der Waals surface area contributed by atoms with Crippen LogP contribution >= 0.6 is 7.82 Å². The smallest absolute Gasteiger partial charge is 0.394 e. The largest absolute Gasteiger partial charge is 0.472 e. The number of hydrogen-bond acceptors (Lipinski definition) is 11. The summed E-state index contributed by atoms with van der Waals surface area (Å²) in [5, 5.41) is 29.8. The quantitative estimate of drug-likeness (QED) is 0.258. The summed E-state index contributed by atoms with van der Waals surface area (Å²) in [6.45, 7) is -0.563. The van der Waals surface area contributed by atoms with Crippen molar-refractivity contribution < 1.29 is 38.9 Å². The van der Waals surface area contributed by atoms with Crippen molar-refractivity contribution >= 4 is 26.3 Å². The molecule has 168 valence electrons. The molecule has 0 aromatic heterocycles.